The minimum atomic E-state index is -0.534. The summed E-state index contributed by atoms with van der Waals surface area (Å²) in [5.41, 5.74) is 0.641. The number of hydrogen-bond donors (Lipinski definition) is 0. The van der Waals surface area contributed by atoms with Crippen molar-refractivity contribution in [3.8, 4) is 0 Å². The van der Waals surface area contributed by atoms with Gasteiger partial charge in [-0.3, -0.25) is 10.1 Å². The highest BCUT2D eigenvalue weighted by atomic mass is 35.5. The number of esters is 1. The van der Waals surface area contributed by atoms with Gasteiger partial charge in [0, 0.05) is 16.8 Å². The zero-order chi connectivity index (χ0) is 15.1. The van der Waals surface area contributed by atoms with E-state index in [9.17, 15) is 14.9 Å². The van der Waals surface area contributed by atoms with Gasteiger partial charge in [-0.25, -0.2) is 9.78 Å². The minimum Gasteiger partial charge on any atom is -0.465 e. The van der Waals surface area contributed by atoms with Crippen molar-refractivity contribution in [1.82, 2.24) is 4.98 Å². The number of nitrogens with zero attached hydrogens (tertiary/aromatic N) is 2. The largest absolute Gasteiger partial charge is 0.465 e. The molecule has 0 aliphatic heterocycles. The molecule has 0 saturated carbocycles. The van der Waals surface area contributed by atoms with Crippen molar-refractivity contribution in [2.75, 3.05) is 7.11 Å². The number of carbonyl (C=O) groups excluding carboxylic acids is 1. The molecule has 3 rings (SSSR count). The van der Waals surface area contributed by atoms with Gasteiger partial charge in [0.2, 0.25) is 0 Å². The van der Waals surface area contributed by atoms with Gasteiger partial charge in [-0.1, -0.05) is 35.1 Å². The van der Waals surface area contributed by atoms with Crippen LogP contribution in [0.25, 0.3) is 21.0 Å². The Balaban J connectivity index is 2.44. The number of fused-ring (bicyclic) bond motifs is 3. The Kier molecular flexibility index (Phi) is 3.23. The first-order chi connectivity index (χ1) is 10.0. The van der Waals surface area contributed by atoms with Gasteiger partial charge in [-0.15, -0.1) is 0 Å². The van der Waals surface area contributed by atoms with E-state index < -0.39 is 10.9 Å². The molecule has 0 N–H and O–H groups in total. The van der Waals surface area contributed by atoms with Gasteiger partial charge in [0.15, 0.2) is 0 Å². The predicted molar refractivity (Wildman–Crippen MR) is 80.1 cm³/mol. The molecule has 1 aromatic carbocycles. The monoisotopic (exact) mass is 322 g/mol. The number of ether oxygens (including phenoxy) is 1. The number of pyridine rings is 1. The lowest BCUT2D eigenvalue weighted by atomic mass is 10.1. The molecule has 0 unspecified atom stereocenters. The van der Waals surface area contributed by atoms with Crippen LogP contribution in [0.5, 0.6) is 0 Å². The van der Waals surface area contributed by atoms with E-state index in [2.05, 4.69) is 4.98 Å². The van der Waals surface area contributed by atoms with E-state index in [0.717, 1.165) is 11.3 Å². The van der Waals surface area contributed by atoms with E-state index in [-0.39, 0.29) is 15.7 Å². The average Bonchev–Trinajstić information content (AvgIpc) is 2.92. The molecule has 3 aromatic rings. The van der Waals surface area contributed by atoms with E-state index in [1.54, 1.807) is 18.2 Å². The van der Waals surface area contributed by atoms with Crippen LogP contribution in [0.2, 0.25) is 5.15 Å². The molecule has 0 aliphatic rings. The molecule has 2 aromatic heterocycles. The lowest BCUT2D eigenvalue weighted by Gasteiger charge is -2.05. The van der Waals surface area contributed by atoms with Crippen LogP contribution in [-0.2, 0) is 4.74 Å². The fraction of sp³-hybridized carbons (Fsp3) is 0.0769. The fourth-order valence-corrected chi connectivity index (χ4v) is 3.30. The summed E-state index contributed by atoms with van der Waals surface area (Å²) in [6.45, 7) is 0. The molecule has 0 aliphatic carbocycles. The molecule has 0 fully saturated rings. The number of hydrogen-bond acceptors (Lipinski definition) is 6. The summed E-state index contributed by atoms with van der Waals surface area (Å²) < 4.78 is 5.24. The Morgan fingerprint density at radius 2 is 2.19 bits per heavy atom. The molecular weight excluding hydrogens is 316 g/mol. The first-order valence-corrected chi connectivity index (χ1v) is 6.97. The highest BCUT2D eigenvalue weighted by Gasteiger charge is 2.20. The molecular formula is C13H7ClN2O4S. The van der Waals surface area contributed by atoms with Crippen LogP contribution in [0.15, 0.2) is 24.3 Å². The highest BCUT2D eigenvalue weighted by molar-refractivity contribution is 7.22. The van der Waals surface area contributed by atoms with Crippen molar-refractivity contribution in [3.05, 3.63) is 45.1 Å². The Hall–Kier alpha value is -2.25. The molecule has 0 bridgehead atoms. The molecule has 0 radical (unpaired) electrons. The standard InChI is InChI=1S/C13H7ClN2O4S/c1-20-13(17)7-4-2-3-6-8-5-9(16(18)19)21-11(8)12(14)15-10(6)7/h2-5H,1H3. The van der Waals surface area contributed by atoms with Crippen LogP contribution < -0.4 is 0 Å². The van der Waals surface area contributed by atoms with E-state index >= 15 is 0 Å². The maximum Gasteiger partial charge on any atom is 0.340 e. The third-order valence-electron chi connectivity index (χ3n) is 3.03. The third-order valence-corrected chi connectivity index (χ3v) is 4.51. The summed E-state index contributed by atoms with van der Waals surface area (Å²) in [6.07, 6.45) is 0. The lowest BCUT2D eigenvalue weighted by molar-refractivity contribution is -0.380. The number of rotatable bonds is 2. The predicted octanol–water partition coefficient (Wildman–Crippen LogP) is 3.80. The summed E-state index contributed by atoms with van der Waals surface area (Å²) in [6, 6.07) is 6.43. The van der Waals surface area contributed by atoms with E-state index in [1.807, 2.05) is 0 Å². The zero-order valence-electron chi connectivity index (χ0n) is 10.6. The van der Waals surface area contributed by atoms with Gasteiger partial charge in [0.05, 0.1) is 27.8 Å². The number of carbonyl (C=O) groups is 1. The molecule has 0 amide bonds. The summed E-state index contributed by atoms with van der Waals surface area (Å²) in [5, 5.41) is 12.3. The number of halogens is 1. The molecule has 0 spiro atoms. The maximum atomic E-state index is 11.8. The second-order valence-electron chi connectivity index (χ2n) is 4.18. The van der Waals surface area contributed by atoms with Gasteiger partial charge >= 0.3 is 11.0 Å². The van der Waals surface area contributed by atoms with Gasteiger partial charge in [-0.05, 0) is 6.07 Å². The summed E-state index contributed by atoms with van der Waals surface area (Å²) in [7, 11) is 1.27. The minimum absolute atomic E-state index is 0.0235. The quantitative estimate of drug-likeness (QED) is 0.310. The second-order valence-corrected chi connectivity index (χ2v) is 5.57. The average molecular weight is 323 g/mol. The van der Waals surface area contributed by atoms with Gasteiger partial charge in [0.1, 0.15) is 5.15 Å². The number of aromatic nitrogens is 1. The topological polar surface area (TPSA) is 82.3 Å². The fourth-order valence-electron chi connectivity index (χ4n) is 2.13. The van der Waals surface area contributed by atoms with Crippen LogP contribution in [0.3, 0.4) is 0 Å². The van der Waals surface area contributed by atoms with Gasteiger partial charge in [-0.2, -0.15) is 0 Å². The number of methoxy groups -OCH3 is 1. The zero-order valence-corrected chi connectivity index (χ0v) is 12.2. The SMILES string of the molecule is COC(=O)c1cccc2c1nc(Cl)c1sc([N+](=O)[O-])cc12. The lowest BCUT2D eigenvalue weighted by Crippen LogP contribution is -2.03. The van der Waals surface area contributed by atoms with Crippen LogP contribution in [0.1, 0.15) is 10.4 Å². The molecule has 2 heterocycles. The summed E-state index contributed by atoms with van der Waals surface area (Å²) in [5.74, 6) is -0.534. The van der Waals surface area contributed by atoms with Crippen molar-refractivity contribution in [2.24, 2.45) is 0 Å². The van der Waals surface area contributed by atoms with E-state index in [1.165, 1.54) is 13.2 Å². The van der Waals surface area contributed by atoms with Crippen molar-refractivity contribution >= 4 is 54.9 Å². The van der Waals surface area contributed by atoms with E-state index in [0.29, 0.717) is 21.0 Å². The van der Waals surface area contributed by atoms with Crippen molar-refractivity contribution < 1.29 is 14.5 Å². The number of nitro groups is 1. The maximum absolute atomic E-state index is 11.8. The van der Waals surface area contributed by atoms with Crippen LogP contribution in [0.4, 0.5) is 5.00 Å². The molecule has 8 heteroatoms. The first kappa shape index (κ1) is 13.7. The molecule has 6 nitrogen and oxygen atoms in total. The van der Waals surface area contributed by atoms with Crippen molar-refractivity contribution in [1.29, 1.82) is 0 Å². The molecule has 21 heavy (non-hydrogen) atoms. The first-order valence-electron chi connectivity index (χ1n) is 5.77. The molecule has 0 saturated heterocycles. The molecule has 106 valence electrons. The number of para-hydroxylation sites is 1. The van der Waals surface area contributed by atoms with E-state index in [4.69, 9.17) is 16.3 Å². The normalized spacial score (nSPS) is 11.0. The summed E-state index contributed by atoms with van der Waals surface area (Å²) >= 11 is 7.06. The third kappa shape index (κ3) is 2.10. The van der Waals surface area contributed by atoms with Crippen molar-refractivity contribution in [3.63, 3.8) is 0 Å². The smallest absolute Gasteiger partial charge is 0.340 e. The van der Waals surface area contributed by atoms with Crippen LogP contribution in [-0.4, -0.2) is 23.0 Å². The van der Waals surface area contributed by atoms with Crippen LogP contribution >= 0.6 is 22.9 Å². The van der Waals surface area contributed by atoms with Crippen molar-refractivity contribution in [2.45, 2.75) is 0 Å². The number of benzene rings is 1. The Bertz CT molecular complexity index is 906. The Labute approximate surface area is 127 Å². The molecule has 0 atom stereocenters. The van der Waals surface area contributed by atoms with Gasteiger partial charge in [0.25, 0.3) is 0 Å². The number of thiophene rings is 1. The second kappa shape index (κ2) is 4.94. The highest BCUT2D eigenvalue weighted by Crippen LogP contribution is 2.39. The Morgan fingerprint density at radius 1 is 1.43 bits per heavy atom. The Morgan fingerprint density at radius 3 is 2.86 bits per heavy atom. The van der Waals surface area contributed by atoms with Crippen LogP contribution in [0, 0.1) is 10.1 Å². The summed E-state index contributed by atoms with van der Waals surface area (Å²) in [4.78, 5) is 26.4. The van der Waals surface area contributed by atoms with Gasteiger partial charge < -0.3 is 4.74 Å².